The molecule has 0 aromatic rings. The van der Waals surface area contributed by atoms with Crippen LogP contribution in [0, 0.1) is 5.41 Å². The van der Waals surface area contributed by atoms with Crippen LogP contribution >= 0.6 is 0 Å². The Morgan fingerprint density at radius 1 is 1.20 bits per heavy atom. The first-order chi connectivity index (χ1) is 6.86. The van der Waals surface area contributed by atoms with Gasteiger partial charge in [0.05, 0.1) is 5.60 Å². The lowest BCUT2D eigenvalue weighted by Gasteiger charge is -2.47. The first-order valence-corrected chi connectivity index (χ1v) is 6.35. The second-order valence-corrected chi connectivity index (χ2v) is 6.86. The molecule has 0 amide bonds. The van der Waals surface area contributed by atoms with Gasteiger partial charge >= 0.3 is 0 Å². The summed E-state index contributed by atoms with van der Waals surface area (Å²) in [5.74, 6) is 0. The molecule has 0 aromatic carbocycles. The summed E-state index contributed by atoms with van der Waals surface area (Å²) >= 11 is 0. The number of nitrogens with one attached hydrogen (secondary N) is 1. The highest BCUT2D eigenvalue weighted by Gasteiger charge is 2.42. The van der Waals surface area contributed by atoms with Crippen LogP contribution in [0.3, 0.4) is 0 Å². The van der Waals surface area contributed by atoms with Crippen LogP contribution in [0.4, 0.5) is 0 Å². The predicted molar refractivity (Wildman–Crippen MR) is 62.8 cm³/mol. The van der Waals surface area contributed by atoms with E-state index in [4.69, 9.17) is 0 Å². The van der Waals surface area contributed by atoms with Crippen LogP contribution in [0.1, 0.15) is 59.3 Å². The molecule has 0 aliphatic carbocycles. The van der Waals surface area contributed by atoms with Crippen LogP contribution in [-0.2, 0) is 0 Å². The maximum absolute atomic E-state index is 10.7. The van der Waals surface area contributed by atoms with Crippen molar-refractivity contribution in [1.82, 2.24) is 5.32 Å². The van der Waals surface area contributed by atoms with Gasteiger partial charge in [-0.15, -0.1) is 0 Å². The van der Waals surface area contributed by atoms with Crippen LogP contribution in [0.25, 0.3) is 0 Å². The van der Waals surface area contributed by atoms with Crippen molar-refractivity contribution in [2.24, 2.45) is 5.41 Å². The molecule has 15 heavy (non-hydrogen) atoms. The second-order valence-electron chi connectivity index (χ2n) is 6.86. The summed E-state index contributed by atoms with van der Waals surface area (Å²) in [5, 5.41) is 14.3. The highest BCUT2D eigenvalue weighted by atomic mass is 16.3. The Kier molecular flexibility index (Phi) is 2.85. The molecule has 2 aliphatic heterocycles. The zero-order chi connectivity index (χ0) is 11.1. The molecule has 2 nitrogen and oxygen atoms in total. The van der Waals surface area contributed by atoms with Gasteiger partial charge in [0.25, 0.3) is 0 Å². The van der Waals surface area contributed by atoms with Gasteiger partial charge < -0.3 is 10.4 Å². The molecule has 2 saturated heterocycles. The summed E-state index contributed by atoms with van der Waals surface area (Å²) in [5.41, 5.74) is -0.167. The molecule has 2 atom stereocenters. The first kappa shape index (κ1) is 11.4. The van der Waals surface area contributed by atoms with E-state index in [0.29, 0.717) is 12.1 Å². The van der Waals surface area contributed by atoms with E-state index < -0.39 is 5.60 Å². The summed E-state index contributed by atoms with van der Waals surface area (Å²) < 4.78 is 0. The first-order valence-electron chi connectivity index (χ1n) is 6.35. The zero-order valence-electron chi connectivity index (χ0n) is 10.3. The topological polar surface area (TPSA) is 32.3 Å². The standard InChI is InChI=1S/C13H25NO/c1-12(2,3)9-13(15)7-10-5-4-6-11(8-13)14-10/h10-11,14-15H,4-9H2,1-3H3. The number of rotatable bonds is 1. The van der Waals surface area contributed by atoms with E-state index in [-0.39, 0.29) is 5.41 Å². The average molecular weight is 211 g/mol. The van der Waals surface area contributed by atoms with Gasteiger partial charge in [-0.25, -0.2) is 0 Å². The fourth-order valence-corrected chi connectivity index (χ4v) is 3.56. The Balaban J connectivity index is 2.03. The highest BCUT2D eigenvalue weighted by Crippen LogP contribution is 2.39. The van der Waals surface area contributed by atoms with Gasteiger partial charge in [0.15, 0.2) is 0 Å². The lowest BCUT2D eigenvalue weighted by Crippen LogP contribution is -2.56. The molecule has 2 heterocycles. The number of fused-ring (bicyclic) bond motifs is 2. The Labute approximate surface area is 93.5 Å². The normalized spacial score (nSPS) is 41.6. The van der Waals surface area contributed by atoms with Crippen molar-refractivity contribution >= 4 is 0 Å². The predicted octanol–water partition coefficient (Wildman–Crippen LogP) is 2.46. The van der Waals surface area contributed by atoms with Crippen LogP contribution in [0.15, 0.2) is 0 Å². The van der Waals surface area contributed by atoms with Crippen LogP contribution < -0.4 is 5.32 Å². The second kappa shape index (κ2) is 3.74. The summed E-state index contributed by atoms with van der Waals surface area (Å²) in [7, 11) is 0. The summed E-state index contributed by atoms with van der Waals surface area (Å²) in [6.07, 6.45) is 6.70. The lowest BCUT2D eigenvalue weighted by atomic mass is 9.70. The minimum Gasteiger partial charge on any atom is -0.390 e. The van der Waals surface area contributed by atoms with Gasteiger partial charge in [0.2, 0.25) is 0 Å². The molecule has 2 aliphatic rings. The monoisotopic (exact) mass is 211 g/mol. The number of hydrogen-bond donors (Lipinski definition) is 2. The van der Waals surface area contributed by atoms with Crippen molar-refractivity contribution in [3.63, 3.8) is 0 Å². The lowest BCUT2D eigenvalue weighted by molar-refractivity contribution is -0.0574. The van der Waals surface area contributed by atoms with Crippen molar-refractivity contribution in [3.8, 4) is 0 Å². The van der Waals surface area contributed by atoms with E-state index >= 15 is 0 Å². The largest absolute Gasteiger partial charge is 0.390 e. The molecule has 0 radical (unpaired) electrons. The van der Waals surface area contributed by atoms with E-state index in [1.54, 1.807) is 0 Å². The smallest absolute Gasteiger partial charge is 0.0682 e. The number of piperidine rings is 2. The molecule has 88 valence electrons. The summed E-state index contributed by atoms with van der Waals surface area (Å²) in [6, 6.07) is 1.15. The van der Waals surface area contributed by atoms with Crippen LogP contribution in [-0.4, -0.2) is 22.8 Å². The van der Waals surface area contributed by atoms with Gasteiger partial charge in [-0.2, -0.15) is 0 Å². The summed E-state index contributed by atoms with van der Waals surface area (Å²) in [6.45, 7) is 6.67. The van der Waals surface area contributed by atoms with Crippen molar-refractivity contribution in [1.29, 1.82) is 0 Å². The Hall–Kier alpha value is -0.0800. The number of aliphatic hydroxyl groups is 1. The quantitative estimate of drug-likeness (QED) is 0.698. The zero-order valence-corrected chi connectivity index (χ0v) is 10.3. The molecule has 2 unspecified atom stereocenters. The van der Waals surface area contributed by atoms with Gasteiger partial charge in [-0.1, -0.05) is 27.2 Å². The Morgan fingerprint density at radius 2 is 1.73 bits per heavy atom. The van der Waals surface area contributed by atoms with E-state index in [9.17, 15) is 5.11 Å². The third-order valence-corrected chi connectivity index (χ3v) is 3.69. The highest BCUT2D eigenvalue weighted by molar-refractivity contribution is 4.99. The molecule has 2 rings (SSSR count). The molecular weight excluding hydrogens is 186 g/mol. The molecule has 0 saturated carbocycles. The Morgan fingerprint density at radius 3 is 2.20 bits per heavy atom. The molecule has 2 heteroatoms. The van der Waals surface area contributed by atoms with Crippen LogP contribution in [0.5, 0.6) is 0 Å². The molecule has 2 bridgehead atoms. The van der Waals surface area contributed by atoms with Crippen molar-refractivity contribution in [2.45, 2.75) is 77.0 Å². The van der Waals surface area contributed by atoms with E-state index in [0.717, 1.165) is 19.3 Å². The van der Waals surface area contributed by atoms with E-state index in [2.05, 4.69) is 26.1 Å². The average Bonchev–Trinajstić information content (AvgIpc) is 1.97. The maximum atomic E-state index is 10.7. The Bertz CT molecular complexity index is 219. The van der Waals surface area contributed by atoms with Crippen molar-refractivity contribution in [2.75, 3.05) is 0 Å². The fraction of sp³-hybridized carbons (Fsp3) is 1.00. The molecule has 0 aromatic heterocycles. The summed E-state index contributed by atoms with van der Waals surface area (Å²) in [4.78, 5) is 0. The van der Waals surface area contributed by atoms with Gasteiger partial charge in [0.1, 0.15) is 0 Å². The van der Waals surface area contributed by atoms with Gasteiger partial charge in [0, 0.05) is 12.1 Å². The maximum Gasteiger partial charge on any atom is 0.0682 e. The third-order valence-electron chi connectivity index (χ3n) is 3.69. The SMILES string of the molecule is CC(C)(C)CC1(O)CC2CCCC(C1)N2. The minimum atomic E-state index is -0.404. The van der Waals surface area contributed by atoms with E-state index in [1.165, 1.54) is 19.3 Å². The molecule has 2 N–H and O–H groups in total. The van der Waals surface area contributed by atoms with Gasteiger partial charge in [-0.3, -0.25) is 0 Å². The number of hydrogen-bond acceptors (Lipinski definition) is 2. The molecule has 0 spiro atoms. The van der Waals surface area contributed by atoms with Gasteiger partial charge in [-0.05, 0) is 37.5 Å². The fourth-order valence-electron chi connectivity index (χ4n) is 3.56. The van der Waals surface area contributed by atoms with E-state index in [1.807, 2.05) is 0 Å². The van der Waals surface area contributed by atoms with Crippen molar-refractivity contribution in [3.05, 3.63) is 0 Å². The minimum absolute atomic E-state index is 0.236. The molecular formula is C13H25NO. The van der Waals surface area contributed by atoms with Crippen LogP contribution in [0.2, 0.25) is 0 Å². The third kappa shape index (κ3) is 2.94. The molecule has 2 fully saturated rings. The van der Waals surface area contributed by atoms with Crippen molar-refractivity contribution < 1.29 is 5.11 Å².